The number of benzene rings is 2. The molecule has 33 heavy (non-hydrogen) atoms. The lowest BCUT2D eigenvalue weighted by atomic mass is 9.98. The van der Waals surface area contributed by atoms with Crippen LogP contribution in [0.2, 0.25) is 5.02 Å². The molecule has 0 spiro atoms. The Morgan fingerprint density at radius 3 is 2.48 bits per heavy atom. The van der Waals surface area contributed by atoms with Gasteiger partial charge >= 0.3 is 0 Å². The van der Waals surface area contributed by atoms with Crippen molar-refractivity contribution in [1.29, 1.82) is 0 Å². The summed E-state index contributed by atoms with van der Waals surface area (Å²) in [4.78, 5) is 41.6. The summed E-state index contributed by atoms with van der Waals surface area (Å²) in [5, 5.41) is 2.99. The van der Waals surface area contributed by atoms with Crippen molar-refractivity contribution in [3.8, 4) is 5.75 Å². The van der Waals surface area contributed by atoms with Gasteiger partial charge in [0.25, 0.3) is 17.7 Å². The third-order valence-electron chi connectivity index (χ3n) is 5.86. The molecule has 0 saturated carbocycles. The summed E-state index contributed by atoms with van der Waals surface area (Å²) in [6, 6.07) is 11.4. The SMILES string of the molecule is COc1ccc(Cl)cc1N1C(=O)C(Cl)=C(Nc2cccc(C(=O)N3CCC(C)CC3)c2)C1=O. The summed E-state index contributed by atoms with van der Waals surface area (Å²) < 4.78 is 5.28. The maximum absolute atomic E-state index is 13.1. The van der Waals surface area contributed by atoms with Crippen LogP contribution in [0.5, 0.6) is 5.75 Å². The van der Waals surface area contributed by atoms with Crippen molar-refractivity contribution >= 4 is 52.3 Å². The zero-order valence-electron chi connectivity index (χ0n) is 18.2. The number of rotatable bonds is 5. The van der Waals surface area contributed by atoms with Crippen molar-refractivity contribution in [2.45, 2.75) is 19.8 Å². The van der Waals surface area contributed by atoms with E-state index in [-0.39, 0.29) is 22.3 Å². The Labute approximate surface area is 201 Å². The second-order valence-electron chi connectivity index (χ2n) is 8.13. The summed E-state index contributed by atoms with van der Waals surface area (Å²) in [5.74, 6) is -0.491. The van der Waals surface area contributed by atoms with Crippen molar-refractivity contribution in [3.05, 3.63) is 63.8 Å². The second kappa shape index (κ2) is 9.45. The molecule has 2 aliphatic heterocycles. The molecule has 172 valence electrons. The first kappa shape index (κ1) is 23.1. The average Bonchev–Trinajstić information content (AvgIpc) is 3.02. The zero-order chi connectivity index (χ0) is 23.7. The molecule has 4 rings (SSSR count). The molecule has 0 atom stereocenters. The predicted octanol–water partition coefficient (Wildman–Crippen LogP) is 4.66. The van der Waals surface area contributed by atoms with E-state index in [4.69, 9.17) is 27.9 Å². The lowest BCUT2D eigenvalue weighted by Gasteiger charge is -2.30. The number of likely N-dealkylation sites (tertiary alicyclic amines) is 1. The summed E-state index contributed by atoms with van der Waals surface area (Å²) in [5.41, 5.74) is 1.08. The monoisotopic (exact) mass is 487 g/mol. The number of nitrogens with one attached hydrogen (secondary N) is 1. The lowest BCUT2D eigenvalue weighted by Crippen LogP contribution is -2.37. The number of carbonyl (C=O) groups excluding carboxylic acids is 3. The zero-order valence-corrected chi connectivity index (χ0v) is 19.7. The Bertz CT molecular complexity index is 1160. The Kier molecular flexibility index (Phi) is 6.63. The van der Waals surface area contributed by atoms with Gasteiger partial charge in [0.15, 0.2) is 0 Å². The second-order valence-corrected chi connectivity index (χ2v) is 8.95. The third kappa shape index (κ3) is 4.56. The van der Waals surface area contributed by atoms with Gasteiger partial charge in [0, 0.05) is 29.4 Å². The van der Waals surface area contributed by atoms with Gasteiger partial charge in [-0.05, 0) is 55.2 Å². The normalized spacial score (nSPS) is 17.1. The summed E-state index contributed by atoms with van der Waals surface area (Å²) in [7, 11) is 1.43. The van der Waals surface area contributed by atoms with E-state index in [0.29, 0.717) is 27.9 Å². The van der Waals surface area contributed by atoms with Crippen LogP contribution in [-0.2, 0) is 9.59 Å². The van der Waals surface area contributed by atoms with Crippen molar-refractivity contribution < 1.29 is 19.1 Å². The number of halogens is 2. The fourth-order valence-corrected chi connectivity index (χ4v) is 4.32. The van der Waals surface area contributed by atoms with Crippen LogP contribution in [0.3, 0.4) is 0 Å². The Morgan fingerprint density at radius 2 is 1.79 bits per heavy atom. The molecule has 0 bridgehead atoms. The summed E-state index contributed by atoms with van der Waals surface area (Å²) in [6.07, 6.45) is 1.96. The van der Waals surface area contributed by atoms with Gasteiger partial charge in [-0.1, -0.05) is 36.2 Å². The van der Waals surface area contributed by atoms with Gasteiger partial charge < -0.3 is 15.0 Å². The quantitative estimate of drug-likeness (QED) is 0.620. The first-order valence-electron chi connectivity index (χ1n) is 10.6. The van der Waals surface area contributed by atoms with E-state index in [1.54, 1.807) is 36.4 Å². The van der Waals surface area contributed by atoms with Crippen LogP contribution in [0.25, 0.3) is 0 Å². The van der Waals surface area contributed by atoms with E-state index in [1.165, 1.54) is 13.2 Å². The largest absolute Gasteiger partial charge is 0.495 e. The van der Waals surface area contributed by atoms with Crippen LogP contribution in [0.4, 0.5) is 11.4 Å². The molecule has 7 nitrogen and oxygen atoms in total. The van der Waals surface area contributed by atoms with E-state index in [1.807, 2.05) is 4.90 Å². The van der Waals surface area contributed by atoms with Crippen LogP contribution < -0.4 is 15.0 Å². The topological polar surface area (TPSA) is 79.0 Å². The summed E-state index contributed by atoms with van der Waals surface area (Å²) >= 11 is 12.3. The maximum Gasteiger partial charge on any atom is 0.283 e. The van der Waals surface area contributed by atoms with E-state index in [9.17, 15) is 14.4 Å². The number of anilines is 2. The third-order valence-corrected chi connectivity index (χ3v) is 6.44. The van der Waals surface area contributed by atoms with Gasteiger partial charge in [-0.15, -0.1) is 0 Å². The molecular weight excluding hydrogens is 465 g/mol. The molecule has 9 heteroatoms. The van der Waals surface area contributed by atoms with Gasteiger partial charge in [-0.25, -0.2) is 4.90 Å². The van der Waals surface area contributed by atoms with Gasteiger partial charge in [-0.3, -0.25) is 14.4 Å². The van der Waals surface area contributed by atoms with Crippen LogP contribution in [0, 0.1) is 5.92 Å². The minimum absolute atomic E-state index is 0.0651. The van der Waals surface area contributed by atoms with Gasteiger partial charge in [-0.2, -0.15) is 0 Å². The average molecular weight is 488 g/mol. The highest BCUT2D eigenvalue weighted by Crippen LogP contribution is 2.37. The molecule has 0 unspecified atom stereocenters. The standard InChI is InChI=1S/C24H23Cl2N3O4/c1-14-8-10-28(11-9-14)22(30)15-4-3-5-17(12-15)27-21-20(26)23(31)29(24(21)32)18-13-16(25)6-7-19(18)33-2/h3-7,12-14,27H,8-11H2,1-2H3. The summed E-state index contributed by atoms with van der Waals surface area (Å²) in [6.45, 7) is 3.63. The number of ether oxygens (including phenoxy) is 1. The molecule has 2 aromatic rings. The van der Waals surface area contributed by atoms with Crippen LogP contribution in [0.15, 0.2) is 53.2 Å². The first-order chi connectivity index (χ1) is 15.8. The highest BCUT2D eigenvalue weighted by atomic mass is 35.5. The smallest absolute Gasteiger partial charge is 0.283 e. The number of piperidine rings is 1. The highest BCUT2D eigenvalue weighted by Gasteiger charge is 2.40. The molecular formula is C24H23Cl2N3O4. The molecule has 2 aliphatic rings. The molecule has 3 amide bonds. The van der Waals surface area contributed by atoms with Crippen LogP contribution in [-0.4, -0.2) is 42.8 Å². The number of nitrogens with zero attached hydrogens (tertiary/aromatic N) is 2. The van der Waals surface area contributed by atoms with Crippen LogP contribution >= 0.6 is 23.2 Å². The molecule has 2 aromatic carbocycles. The van der Waals surface area contributed by atoms with E-state index in [0.717, 1.165) is 30.8 Å². The van der Waals surface area contributed by atoms with Crippen molar-refractivity contribution in [3.63, 3.8) is 0 Å². The minimum atomic E-state index is -0.695. The number of carbonyl (C=O) groups is 3. The molecule has 1 N–H and O–H groups in total. The molecule has 2 heterocycles. The fourth-order valence-electron chi connectivity index (χ4n) is 3.94. The van der Waals surface area contributed by atoms with Gasteiger partial charge in [0.1, 0.15) is 16.5 Å². The highest BCUT2D eigenvalue weighted by molar-refractivity contribution is 6.53. The molecule has 0 radical (unpaired) electrons. The Hall–Kier alpha value is -3.03. The van der Waals surface area contributed by atoms with E-state index in [2.05, 4.69) is 12.2 Å². The number of imide groups is 1. The maximum atomic E-state index is 13.1. The van der Waals surface area contributed by atoms with Gasteiger partial charge in [0.2, 0.25) is 0 Å². The molecule has 0 aromatic heterocycles. The van der Waals surface area contributed by atoms with E-state index >= 15 is 0 Å². The minimum Gasteiger partial charge on any atom is -0.495 e. The number of hydrogen-bond acceptors (Lipinski definition) is 5. The molecule has 0 aliphatic carbocycles. The Morgan fingerprint density at radius 1 is 1.06 bits per heavy atom. The Balaban J connectivity index is 1.57. The number of methoxy groups -OCH3 is 1. The van der Waals surface area contributed by atoms with E-state index < -0.39 is 11.8 Å². The number of amides is 3. The van der Waals surface area contributed by atoms with Crippen molar-refractivity contribution in [2.24, 2.45) is 5.92 Å². The molecule has 1 fully saturated rings. The first-order valence-corrected chi connectivity index (χ1v) is 11.3. The van der Waals surface area contributed by atoms with Crippen molar-refractivity contribution in [1.82, 2.24) is 4.90 Å². The molecule has 1 saturated heterocycles. The van der Waals surface area contributed by atoms with Gasteiger partial charge in [0.05, 0.1) is 12.8 Å². The predicted molar refractivity (Wildman–Crippen MR) is 128 cm³/mol. The number of hydrogen-bond donors (Lipinski definition) is 1. The lowest BCUT2D eigenvalue weighted by molar-refractivity contribution is -0.120. The van der Waals surface area contributed by atoms with Crippen molar-refractivity contribution in [2.75, 3.05) is 30.4 Å². The fraction of sp³-hybridized carbons (Fsp3) is 0.292. The van der Waals surface area contributed by atoms with Crippen LogP contribution in [0.1, 0.15) is 30.1 Å².